The summed E-state index contributed by atoms with van der Waals surface area (Å²) in [6, 6.07) is 0. The second kappa shape index (κ2) is 3.45. The SMILES string of the molecule is OC1(C(F)F)CCCOCC1. The summed E-state index contributed by atoms with van der Waals surface area (Å²) >= 11 is 0. The molecule has 0 aromatic heterocycles. The molecule has 66 valence electrons. The quantitative estimate of drug-likeness (QED) is 0.633. The van der Waals surface area contributed by atoms with Gasteiger partial charge in [0.15, 0.2) is 0 Å². The second-order valence-corrected chi connectivity index (χ2v) is 2.87. The Morgan fingerprint density at radius 3 is 2.64 bits per heavy atom. The molecular formula is C7H12F2O2. The molecule has 0 spiro atoms. The van der Waals surface area contributed by atoms with Crippen LogP contribution in [0.5, 0.6) is 0 Å². The van der Waals surface area contributed by atoms with Gasteiger partial charge in [-0.3, -0.25) is 0 Å². The van der Waals surface area contributed by atoms with Gasteiger partial charge in [-0.05, 0) is 12.8 Å². The van der Waals surface area contributed by atoms with Crippen molar-refractivity contribution in [1.29, 1.82) is 0 Å². The molecule has 0 saturated carbocycles. The highest BCUT2D eigenvalue weighted by atomic mass is 19.3. The van der Waals surface area contributed by atoms with E-state index >= 15 is 0 Å². The third-order valence-corrected chi connectivity index (χ3v) is 1.98. The Labute approximate surface area is 64.2 Å². The van der Waals surface area contributed by atoms with Gasteiger partial charge in [-0.25, -0.2) is 8.78 Å². The molecule has 1 atom stereocenters. The van der Waals surface area contributed by atoms with Crippen LogP contribution in [-0.2, 0) is 4.74 Å². The summed E-state index contributed by atoms with van der Waals surface area (Å²) in [7, 11) is 0. The van der Waals surface area contributed by atoms with Crippen molar-refractivity contribution in [2.75, 3.05) is 13.2 Å². The molecule has 4 heteroatoms. The van der Waals surface area contributed by atoms with Crippen LogP contribution in [0.15, 0.2) is 0 Å². The van der Waals surface area contributed by atoms with Crippen molar-refractivity contribution < 1.29 is 18.6 Å². The van der Waals surface area contributed by atoms with E-state index in [4.69, 9.17) is 4.74 Å². The van der Waals surface area contributed by atoms with Gasteiger partial charge in [0.2, 0.25) is 0 Å². The summed E-state index contributed by atoms with van der Waals surface area (Å²) in [6.45, 7) is 0.718. The molecule has 11 heavy (non-hydrogen) atoms. The maximum absolute atomic E-state index is 12.2. The molecule has 2 nitrogen and oxygen atoms in total. The lowest BCUT2D eigenvalue weighted by molar-refractivity contribution is -0.106. The molecule has 0 aliphatic carbocycles. The first-order chi connectivity index (χ1) is 5.15. The van der Waals surface area contributed by atoms with E-state index in [9.17, 15) is 13.9 Å². The van der Waals surface area contributed by atoms with E-state index in [1.54, 1.807) is 0 Å². The summed E-state index contributed by atoms with van der Waals surface area (Å²) in [5, 5.41) is 9.30. The van der Waals surface area contributed by atoms with Gasteiger partial charge in [0.05, 0.1) is 0 Å². The number of ether oxygens (including phenoxy) is 1. The van der Waals surface area contributed by atoms with Gasteiger partial charge in [-0.1, -0.05) is 0 Å². The van der Waals surface area contributed by atoms with Crippen molar-refractivity contribution in [3.8, 4) is 0 Å². The predicted octanol–water partition coefficient (Wildman–Crippen LogP) is 1.18. The smallest absolute Gasteiger partial charge is 0.266 e. The standard InChI is InChI=1S/C7H12F2O2/c8-6(9)7(10)2-1-4-11-5-3-7/h6,10H,1-5H2. The minimum Gasteiger partial charge on any atom is -0.384 e. The van der Waals surface area contributed by atoms with Crippen LogP contribution in [0, 0.1) is 0 Å². The molecule has 0 aromatic carbocycles. The third-order valence-electron chi connectivity index (χ3n) is 1.98. The van der Waals surface area contributed by atoms with Crippen molar-refractivity contribution in [3.63, 3.8) is 0 Å². The zero-order valence-corrected chi connectivity index (χ0v) is 6.22. The lowest BCUT2D eigenvalue weighted by Crippen LogP contribution is -2.37. The van der Waals surface area contributed by atoms with Gasteiger partial charge in [0, 0.05) is 19.6 Å². The zero-order chi connectivity index (χ0) is 8.32. The average Bonchev–Trinajstić information content (AvgIpc) is 2.15. The fourth-order valence-electron chi connectivity index (χ4n) is 1.17. The first-order valence-corrected chi connectivity index (χ1v) is 3.73. The normalized spacial score (nSPS) is 33.8. The van der Waals surface area contributed by atoms with E-state index < -0.39 is 12.0 Å². The van der Waals surface area contributed by atoms with Crippen LogP contribution >= 0.6 is 0 Å². The van der Waals surface area contributed by atoms with Crippen LogP contribution in [-0.4, -0.2) is 30.3 Å². The summed E-state index contributed by atoms with van der Waals surface area (Å²) in [4.78, 5) is 0. The Kier molecular flexibility index (Phi) is 2.78. The van der Waals surface area contributed by atoms with Crippen LogP contribution in [0.2, 0.25) is 0 Å². The van der Waals surface area contributed by atoms with E-state index in [0.29, 0.717) is 13.0 Å². The molecule has 1 N–H and O–H groups in total. The van der Waals surface area contributed by atoms with Crippen molar-refractivity contribution in [1.82, 2.24) is 0 Å². The van der Waals surface area contributed by atoms with E-state index in [1.807, 2.05) is 0 Å². The Balaban J connectivity index is 2.52. The van der Waals surface area contributed by atoms with Gasteiger partial charge in [-0.15, -0.1) is 0 Å². The molecule has 1 unspecified atom stereocenters. The van der Waals surface area contributed by atoms with Gasteiger partial charge in [-0.2, -0.15) is 0 Å². The molecule has 1 aliphatic rings. The van der Waals surface area contributed by atoms with Crippen LogP contribution in [0.1, 0.15) is 19.3 Å². The van der Waals surface area contributed by atoms with E-state index in [0.717, 1.165) is 0 Å². The maximum atomic E-state index is 12.2. The number of hydrogen-bond donors (Lipinski definition) is 1. The van der Waals surface area contributed by atoms with Crippen LogP contribution in [0.3, 0.4) is 0 Å². The highest BCUT2D eigenvalue weighted by Gasteiger charge is 2.37. The van der Waals surface area contributed by atoms with Crippen molar-refractivity contribution in [3.05, 3.63) is 0 Å². The fraction of sp³-hybridized carbons (Fsp3) is 1.00. The molecular weight excluding hydrogens is 154 g/mol. The van der Waals surface area contributed by atoms with E-state index in [-0.39, 0.29) is 19.4 Å². The highest BCUT2D eigenvalue weighted by molar-refractivity contribution is 4.82. The minimum absolute atomic E-state index is 0.0463. The maximum Gasteiger partial charge on any atom is 0.266 e. The highest BCUT2D eigenvalue weighted by Crippen LogP contribution is 2.27. The summed E-state index contributed by atoms with van der Waals surface area (Å²) < 4.78 is 29.3. The van der Waals surface area contributed by atoms with Gasteiger partial charge >= 0.3 is 0 Å². The lowest BCUT2D eigenvalue weighted by atomic mass is 9.96. The monoisotopic (exact) mass is 166 g/mol. The van der Waals surface area contributed by atoms with E-state index in [2.05, 4.69) is 0 Å². The fourth-order valence-corrected chi connectivity index (χ4v) is 1.17. The van der Waals surface area contributed by atoms with Crippen molar-refractivity contribution in [2.45, 2.75) is 31.3 Å². The molecule has 1 saturated heterocycles. The number of alkyl halides is 2. The molecule has 1 aliphatic heterocycles. The zero-order valence-electron chi connectivity index (χ0n) is 6.22. The number of halogens is 2. The van der Waals surface area contributed by atoms with Gasteiger partial charge < -0.3 is 9.84 Å². The number of aliphatic hydroxyl groups is 1. The first-order valence-electron chi connectivity index (χ1n) is 3.73. The summed E-state index contributed by atoms with van der Waals surface area (Å²) in [5.41, 5.74) is -1.80. The van der Waals surface area contributed by atoms with Crippen molar-refractivity contribution >= 4 is 0 Å². The van der Waals surface area contributed by atoms with Crippen LogP contribution in [0.4, 0.5) is 8.78 Å². The Hall–Kier alpha value is -0.220. The largest absolute Gasteiger partial charge is 0.384 e. The molecule has 0 amide bonds. The molecule has 1 rings (SSSR count). The Morgan fingerprint density at radius 2 is 2.00 bits per heavy atom. The Bertz CT molecular complexity index is 120. The Morgan fingerprint density at radius 1 is 1.27 bits per heavy atom. The predicted molar refractivity (Wildman–Crippen MR) is 35.6 cm³/mol. The van der Waals surface area contributed by atoms with Gasteiger partial charge in [0.1, 0.15) is 5.60 Å². The topological polar surface area (TPSA) is 29.5 Å². The van der Waals surface area contributed by atoms with E-state index in [1.165, 1.54) is 0 Å². The van der Waals surface area contributed by atoms with Crippen molar-refractivity contribution in [2.24, 2.45) is 0 Å². The summed E-state index contributed by atoms with van der Waals surface area (Å²) in [6.07, 6.45) is -1.94. The van der Waals surface area contributed by atoms with Gasteiger partial charge in [0.25, 0.3) is 6.43 Å². The van der Waals surface area contributed by atoms with Crippen LogP contribution in [0.25, 0.3) is 0 Å². The molecule has 0 bridgehead atoms. The minimum atomic E-state index is -2.65. The first kappa shape index (κ1) is 8.87. The summed E-state index contributed by atoms with van der Waals surface area (Å²) in [5.74, 6) is 0. The molecule has 0 aromatic rings. The average molecular weight is 166 g/mol. The molecule has 1 fully saturated rings. The second-order valence-electron chi connectivity index (χ2n) is 2.87. The number of rotatable bonds is 1. The molecule has 1 heterocycles. The number of hydrogen-bond acceptors (Lipinski definition) is 2. The van der Waals surface area contributed by atoms with Crippen LogP contribution < -0.4 is 0 Å². The molecule has 0 radical (unpaired) electrons. The lowest BCUT2D eigenvalue weighted by Gasteiger charge is -2.24. The third kappa shape index (κ3) is 2.10.